The second kappa shape index (κ2) is 8.43. The number of rotatable bonds is 6. The molecule has 2 heterocycles. The number of carbonyl (C=O) groups is 1. The summed E-state index contributed by atoms with van der Waals surface area (Å²) in [5.41, 5.74) is 2.43. The van der Waals surface area contributed by atoms with Crippen LogP contribution >= 0.6 is 15.9 Å². The lowest BCUT2D eigenvalue weighted by molar-refractivity contribution is -0.133. The molecule has 0 spiro atoms. The highest BCUT2D eigenvalue weighted by molar-refractivity contribution is 9.10. The summed E-state index contributed by atoms with van der Waals surface area (Å²) >= 11 is 3.45. The van der Waals surface area contributed by atoms with Crippen molar-refractivity contribution < 1.29 is 22.4 Å². The lowest BCUT2D eigenvalue weighted by Gasteiger charge is -2.28. The number of carbonyl (C=O) groups excluding carboxylic acids is 1. The molecule has 1 fully saturated rings. The van der Waals surface area contributed by atoms with Gasteiger partial charge >= 0.3 is 0 Å². The molecule has 1 aliphatic rings. The van der Waals surface area contributed by atoms with Gasteiger partial charge in [-0.1, -0.05) is 28.1 Å². The molecule has 1 atom stereocenters. The minimum Gasteiger partial charge on any atom is -0.497 e. The van der Waals surface area contributed by atoms with Crippen molar-refractivity contribution in [1.29, 1.82) is 0 Å². The van der Waals surface area contributed by atoms with Crippen molar-refractivity contribution in [1.82, 2.24) is 4.90 Å². The standard InChI is InChI=1S/C22H22BrNO5S/c1-28-19-5-2-15(3-6-19)12-24(18-8-9-30(26,27)14-18)22(25)10-16-13-29-21-7-4-17(23)11-20(16)21/h2-7,11,13,18H,8-10,12,14H2,1H3. The van der Waals surface area contributed by atoms with Crippen LogP contribution in [0.2, 0.25) is 0 Å². The largest absolute Gasteiger partial charge is 0.497 e. The zero-order valence-corrected chi connectivity index (χ0v) is 18.9. The number of ether oxygens (including phenoxy) is 1. The van der Waals surface area contributed by atoms with Crippen LogP contribution in [-0.2, 0) is 27.6 Å². The van der Waals surface area contributed by atoms with Crippen molar-refractivity contribution in [3.63, 3.8) is 0 Å². The molecule has 0 saturated carbocycles. The summed E-state index contributed by atoms with van der Waals surface area (Å²) in [6.45, 7) is 0.350. The fraction of sp³-hybridized carbons (Fsp3) is 0.318. The van der Waals surface area contributed by atoms with E-state index in [-0.39, 0.29) is 29.9 Å². The quantitative estimate of drug-likeness (QED) is 0.521. The number of hydrogen-bond acceptors (Lipinski definition) is 5. The normalized spacial score (nSPS) is 17.9. The third-order valence-electron chi connectivity index (χ3n) is 5.44. The van der Waals surface area contributed by atoms with Crippen molar-refractivity contribution in [2.75, 3.05) is 18.6 Å². The molecule has 0 bridgehead atoms. The molecular formula is C22H22BrNO5S. The number of methoxy groups -OCH3 is 1. The van der Waals surface area contributed by atoms with Crippen LogP contribution < -0.4 is 4.74 Å². The monoisotopic (exact) mass is 491 g/mol. The van der Waals surface area contributed by atoms with Gasteiger partial charge in [-0.05, 0) is 42.3 Å². The van der Waals surface area contributed by atoms with E-state index < -0.39 is 9.84 Å². The maximum absolute atomic E-state index is 13.3. The molecule has 0 radical (unpaired) electrons. The van der Waals surface area contributed by atoms with Crippen molar-refractivity contribution >= 4 is 42.6 Å². The van der Waals surface area contributed by atoms with Crippen LogP contribution in [0.4, 0.5) is 0 Å². The molecule has 8 heteroatoms. The molecule has 1 unspecified atom stereocenters. The summed E-state index contributed by atoms with van der Waals surface area (Å²) in [5, 5.41) is 0.876. The van der Waals surface area contributed by atoms with Crippen molar-refractivity contribution in [2.45, 2.75) is 25.4 Å². The Morgan fingerprint density at radius 2 is 2.00 bits per heavy atom. The van der Waals surface area contributed by atoms with E-state index in [1.165, 1.54) is 0 Å². The predicted octanol–water partition coefficient (Wildman–Crippen LogP) is 3.96. The Hall–Kier alpha value is -2.32. The van der Waals surface area contributed by atoms with Gasteiger partial charge in [-0.15, -0.1) is 0 Å². The predicted molar refractivity (Wildman–Crippen MR) is 118 cm³/mol. The minimum atomic E-state index is -3.12. The van der Waals surface area contributed by atoms with E-state index in [0.717, 1.165) is 26.7 Å². The van der Waals surface area contributed by atoms with E-state index >= 15 is 0 Å². The number of nitrogens with zero attached hydrogens (tertiary/aromatic N) is 1. The maximum Gasteiger partial charge on any atom is 0.227 e. The molecule has 4 rings (SSSR count). The van der Waals surface area contributed by atoms with Crippen molar-refractivity contribution in [3.8, 4) is 5.75 Å². The number of amides is 1. The van der Waals surface area contributed by atoms with Crippen LogP contribution in [0, 0.1) is 0 Å². The van der Waals surface area contributed by atoms with Gasteiger partial charge in [0.1, 0.15) is 11.3 Å². The van der Waals surface area contributed by atoms with Crippen LogP contribution in [0.3, 0.4) is 0 Å². The van der Waals surface area contributed by atoms with Crippen LogP contribution in [-0.4, -0.2) is 43.9 Å². The number of sulfone groups is 1. The first-order valence-corrected chi connectivity index (χ1v) is 12.2. The number of furan rings is 1. The van der Waals surface area contributed by atoms with Gasteiger partial charge in [-0.3, -0.25) is 4.79 Å². The molecule has 6 nitrogen and oxygen atoms in total. The van der Waals surface area contributed by atoms with Gasteiger partial charge in [0, 0.05) is 28.0 Å². The molecule has 1 aromatic heterocycles. The molecule has 1 aliphatic heterocycles. The molecule has 0 N–H and O–H groups in total. The zero-order valence-electron chi connectivity index (χ0n) is 16.5. The van der Waals surface area contributed by atoms with Crippen LogP contribution in [0.1, 0.15) is 17.5 Å². The van der Waals surface area contributed by atoms with Crippen molar-refractivity contribution in [3.05, 3.63) is 64.3 Å². The number of hydrogen-bond donors (Lipinski definition) is 0. The molecule has 158 valence electrons. The van der Waals surface area contributed by atoms with Crippen LogP contribution in [0.25, 0.3) is 11.0 Å². The highest BCUT2D eigenvalue weighted by atomic mass is 79.9. The van der Waals surface area contributed by atoms with Gasteiger partial charge in [0.25, 0.3) is 0 Å². The lowest BCUT2D eigenvalue weighted by Crippen LogP contribution is -2.41. The summed E-state index contributed by atoms with van der Waals surface area (Å²) in [5.74, 6) is 0.740. The Bertz CT molecular complexity index is 1170. The minimum absolute atomic E-state index is 0.00653. The first-order valence-electron chi connectivity index (χ1n) is 9.63. The van der Waals surface area contributed by atoms with Gasteiger partial charge < -0.3 is 14.1 Å². The molecule has 3 aromatic rings. The molecule has 30 heavy (non-hydrogen) atoms. The third-order valence-corrected chi connectivity index (χ3v) is 7.68. The van der Waals surface area contributed by atoms with Gasteiger partial charge in [-0.25, -0.2) is 8.42 Å². The number of halogens is 1. The summed E-state index contributed by atoms with van der Waals surface area (Å²) in [7, 11) is -1.52. The van der Waals surface area contributed by atoms with Crippen LogP contribution in [0.15, 0.2) is 57.6 Å². The topological polar surface area (TPSA) is 76.8 Å². The smallest absolute Gasteiger partial charge is 0.227 e. The molecule has 1 saturated heterocycles. The highest BCUT2D eigenvalue weighted by Crippen LogP contribution is 2.27. The average molecular weight is 492 g/mol. The lowest BCUT2D eigenvalue weighted by atomic mass is 10.1. The van der Waals surface area contributed by atoms with E-state index in [0.29, 0.717) is 18.5 Å². The van der Waals surface area contributed by atoms with E-state index in [9.17, 15) is 13.2 Å². The van der Waals surface area contributed by atoms with E-state index in [1.807, 2.05) is 42.5 Å². The fourth-order valence-electron chi connectivity index (χ4n) is 3.83. The first kappa shape index (κ1) is 20.9. The van der Waals surface area contributed by atoms with Crippen LogP contribution in [0.5, 0.6) is 5.75 Å². The number of fused-ring (bicyclic) bond motifs is 1. The molecule has 0 aliphatic carbocycles. The SMILES string of the molecule is COc1ccc(CN(C(=O)Cc2coc3ccc(Br)cc23)C2CCS(=O)(=O)C2)cc1. The Balaban J connectivity index is 1.60. The van der Waals surface area contributed by atoms with E-state index in [2.05, 4.69) is 15.9 Å². The van der Waals surface area contributed by atoms with Crippen molar-refractivity contribution in [2.24, 2.45) is 0 Å². The number of benzene rings is 2. The Kier molecular flexibility index (Phi) is 5.88. The highest BCUT2D eigenvalue weighted by Gasteiger charge is 2.34. The molecule has 1 amide bonds. The first-order chi connectivity index (χ1) is 14.3. The Morgan fingerprint density at radius 3 is 2.67 bits per heavy atom. The third kappa shape index (κ3) is 4.54. The van der Waals surface area contributed by atoms with Gasteiger partial charge in [0.2, 0.25) is 5.91 Å². The molecule has 2 aromatic carbocycles. The second-order valence-electron chi connectivity index (χ2n) is 7.50. The zero-order chi connectivity index (χ0) is 21.3. The summed E-state index contributed by atoms with van der Waals surface area (Å²) in [6.07, 6.45) is 2.21. The average Bonchev–Trinajstić information content (AvgIpc) is 3.29. The molecular weight excluding hydrogens is 470 g/mol. The summed E-state index contributed by atoms with van der Waals surface area (Å²) in [4.78, 5) is 15.0. The Morgan fingerprint density at radius 1 is 1.23 bits per heavy atom. The van der Waals surface area contributed by atoms with Gasteiger partial charge in [-0.2, -0.15) is 0 Å². The van der Waals surface area contributed by atoms with E-state index in [1.54, 1.807) is 18.3 Å². The fourth-order valence-corrected chi connectivity index (χ4v) is 5.92. The summed E-state index contributed by atoms with van der Waals surface area (Å²) < 4.78 is 35.8. The summed E-state index contributed by atoms with van der Waals surface area (Å²) in [6, 6.07) is 12.8. The second-order valence-corrected chi connectivity index (χ2v) is 10.6. The van der Waals surface area contributed by atoms with Gasteiger partial charge in [0.05, 0.1) is 31.3 Å². The maximum atomic E-state index is 13.3. The van der Waals surface area contributed by atoms with E-state index in [4.69, 9.17) is 9.15 Å². The van der Waals surface area contributed by atoms with Gasteiger partial charge in [0.15, 0.2) is 9.84 Å². The Labute approximate surface area is 183 Å².